The zero-order chi connectivity index (χ0) is 19.8. The summed E-state index contributed by atoms with van der Waals surface area (Å²) in [5, 5.41) is 2.23. The average Bonchev–Trinajstić information content (AvgIpc) is 3.21. The molecule has 2 aromatic carbocycles. The summed E-state index contributed by atoms with van der Waals surface area (Å²) in [5.41, 5.74) is 9.70. The van der Waals surface area contributed by atoms with Gasteiger partial charge in [0.15, 0.2) is 0 Å². The third-order valence-electron chi connectivity index (χ3n) is 6.31. The van der Waals surface area contributed by atoms with Gasteiger partial charge in [-0.05, 0) is 41.3 Å². The van der Waals surface area contributed by atoms with Crippen LogP contribution in [0.5, 0.6) is 0 Å². The van der Waals surface area contributed by atoms with Gasteiger partial charge in [0.25, 0.3) is 0 Å². The van der Waals surface area contributed by atoms with E-state index in [0.29, 0.717) is 5.71 Å². The molecule has 0 saturated carbocycles. The molecule has 6 rings (SSSR count). The van der Waals surface area contributed by atoms with Gasteiger partial charge in [0, 0.05) is 34.3 Å². The Labute approximate surface area is 169 Å². The van der Waals surface area contributed by atoms with Crippen LogP contribution in [0.3, 0.4) is 0 Å². The monoisotopic (exact) mass is 376 g/mol. The maximum absolute atomic E-state index is 6.39. The number of nitrogens with zero attached hydrogens (tertiary/aromatic N) is 2. The molecule has 0 fully saturated rings. The quantitative estimate of drug-likeness (QED) is 0.328. The van der Waals surface area contributed by atoms with Crippen molar-refractivity contribution in [3.8, 4) is 22.4 Å². The second-order valence-corrected chi connectivity index (χ2v) is 8.35. The lowest BCUT2D eigenvalue weighted by molar-refractivity contribution is 0.646. The minimum Gasteiger partial charge on any atom is -0.437 e. The van der Waals surface area contributed by atoms with Gasteiger partial charge >= 0.3 is 0 Å². The van der Waals surface area contributed by atoms with Gasteiger partial charge < -0.3 is 4.42 Å². The van der Waals surface area contributed by atoms with E-state index >= 15 is 0 Å². The number of pyridine rings is 2. The maximum atomic E-state index is 6.39. The highest BCUT2D eigenvalue weighted by Crippen LogP contribution is 2.52. The Balaban J connectivity index is 1.77. The van der Waals surface area contributed by atoms with E-state index in [1.807, 2.05) is 30.6 Å². The lowest BCUT2D eigenvalue weighted by atomic mass is 9.81. The van der Waals surface area contributed by atoms with Gasteiger partial charge in [-0.3, -0.25) is 4.98 Å². The molecule has 3 heteroatoms. The molecule has 5 aromatic rings. The van der Waals surface area contributed by atoms with Crippen molar-refractivity contribution in [2.24, 2.45) is 0 Å². The van der Waals surface area contributed by atoms with E-state index in [0.717, 1.165) is 33.2 Å². The van der Waals surface area contributed by atoms with Crippen LogP contribution in [0, 0.1) is 6.92 Å². The van der Waals surface area contributed by atoms with E-state index in [2.05, 4.69) is 62.2 Å². The molecule has 0 N–H and O–H groups in total. The number of aromatic nitrogens is 2. The summed E-state index contributed by atoms with van der Waals surface area (Å²) in [4.78, 5) is 9.32. The molecule has 3 heterocycles. The number of rotatable bonds is 1. The number of hydrogen-bond donors (Lipinski definition) is 0. The fourth-order valence-corrected chi connectivity index (χ4v) is 4.98. The Morgan fingerprint density at radius 3 is 2.52 bits per heavy atom. The van der Waals surface area contributed by atoms with Gasteiger partial charge in [-0.25, -0.2) is 4.98 Å². The molecule has 29 heavy (non-hydrogen) atoms. The van der Waals surface area contributed by atoms with Crippen molar-refractivity contribution in [3.63, 3.8) is 0 Å². The number of fused-ring (bicyclic) bond motifs is 7. The Bertz CT molecular complexity index is 1430. The summed E-state index contributed by atoms with van der Waals surface area (Å²) in [6.45, 7) is 6.70. The van der Waals surface area contributed by atoms with Crippen LogP contribution >= 0.6 is 0 Å². The molecule has 0 aliphatic heterocycles. The third kappa shape index (κ3) is 2.07. The predicted molar refractivity (Wildman–Crippen MR) is 117 cm³/mol. The van der Waals surface area contributed by atoms with E-state index in [9.17, 15) is 0 Å². The van der Waals surface area contributed by atoms with E-state index < -0.39 is 0 Å². The first-order chi connectivity index (χ1) is 14.1. The van der Waals surface area contributed by atoms with Gasteiger partial charge in [-0.2, -0.15) is 0 Å². The molecule has 0 saturated heterocycles. The van der Waals surface area contributed by atoms with Crippen molar-refractivity contribution in [1.82, 2.24) is 9.97 Å². The molecule has 0 unspecified atom stereocenters. The third-order valence-corrected chi connectivity index (χ3v) is 6.31. The SMILES string of the molecule is Cc1ccc2c(oc3ncc4c(c32)C(C)(C)c2ccccc2-4)c1-c1ccccn1. The Morgan fingerprint density at radius 1 is 0.862 bits per heavy atom. The average molecular weight is 376 g/mol. The molecule has 3 aromatic heterocycles. The maximum Gasteiger partial charge on any atom is 0.227 e. The molecule has 140 valence electrons. The first-order valence-electron chi connectivity index (χ1n) is 9.94. The zero-order valence-electron chi connectivity index (χ0n) is 16.7. The topological polar surface area (TPSA) is 38.9 Å². The largest absolute Gasteiger partial charge is 0.437 e. The molecule has 0 amide bonds. The van der Waals surface area contributed by atoms with E-state index in [4.69, 9.17) is 9.40 Å². The normalized spacial score (nSPS) is 14.3. The second kappa shape index (κ2) is 5.54. The summed E-state index contributed by atoms with van der Waals surface area (Å²) in [5.74, 6) is 0. The Hall–Kier alpha value is -3.46. The van der Waals surface area contributed by atoms with Crippen LogP contribution in [0.25, 0.3) is 44.5 Å². The van der Waals surface area contributed by atoms with Crippen LogP contribution in [0.2, 0.25) is 0 Å². The highest BCUT2D eigenvalue weighted by molar-refractivity contribution is 6.13. The van der Waals surface area contributed by atoms with Crippen molar-refractivity contribution in [1.29, 1.82) is 0 Å². The summed E-state index contributed by atoms with van der Waals surface area (Å²) in [6.07, 6.45) is 3.80. The summed E-state index contributed by atoms with van der Waals surface area (Å²) >= 11 is 0. The standard InChI is InChI=1S/C26H20N2O/c1-15-11-12-17-22-23-18(16-8-4-5-9-19(16)26(23,2)3)14-28-25(22)29-24(17)21(15)20-10-6-7-13-27-20/h4-14H,1-3H3. The molecule has 0 radical (unpaired) electrons. The number of hydrogen-bond acceptors (Lipinski definition) is 3. The zero-order valence-corrected chi connectivity index (χ0v) is 16.7. The highest BCUT2D eigenvalue weighted by Gasteiger charge is 2.38. The number of benzene rings is 2. The summed E-state index contributed by atoms with van der Waals surface area (Å²) in [7, 11) is 0. The Morgan fingerprint density at radius 2 is 1.69 bits per heavy atom. The molecule has 3 nitrogen and oxygen atoms in total. The summed E-state index contributed by atoms with van der Waals surface area (Å²) in [6, 6.07) is 19.0. The van der Waals surface area contributed by atoms with Crippen molar-refractivity contribution < 1.29 is 4.42 Å². The van der Waals surface area contributed by atoms with Crippen LogP contribution in [0.15, 0.2) is 71.4 Å². The molecule has 0 atom stereocenters. The molecule has 1 aliphatic carbocycles. The van der Waals surface area contributed by atoms with Crippen molar-refractivity contribution in [3.05, 3.63) is 83.7 Å². The number of aryl methyl sites for hydroxylation is 1. The van der Waals surface area contributed by atoms with E-state index in [1.165, 1.54) is 22.3 Å². The fraction of sp³-hybridized carbons (Fsp3) is 0.154. The molecule has 0 spiro atoms. The van der Waals surface area contributed by atoms with Gasteiger partial charge in [0.2, 0.25) is 5.71 Å². The summed E-state index contributed by atoms with van der Waals surface area (Å²) < 4.78 is 6.39. The van der Waals surface area contributed by atoms with Crippen LogP contribution in [0.1, 0.15) is 30.5 Å². The lowest BCUT2D eigenvalue weighted by Gasteiger charge is -2.22. The Kier molecular flexibility index (Phi) is 3.15. The van der Waals surface area contributed by atoms with E-state index in [1.54, 1.807) is 0 Å². The van der Waals surface area contributed by atoms with Crippen molar-refractivity contribution in [2.45, 2.75) is 26.2 Å². The van der Waals surface area contributed by atoms with Crippen molar-refractivity contribution in [2.75, 3.05) is 0 Å². The first-order valence-corrected chi connectivity index (χ1v) is 9.94. The second-order valence-electron chi connectivity index (χ2n) is 8.35. The van der Waals surface area contributed by atoms with Gasteiger partial charge in [0.05, 0.1) is 11.1 Å². The van der Waals surface area contributed by atoms with Crippen LogP contribution in [-0.4, -0.2) is 9.97 Å². The predicted octanol–water partition coefficient (Wildman–Crippen LogP) is 6.66. The van der Waals surface area contributed by atoms with Gasteiger partial charge in [-0.15, -0.1) is 0 Å². The number of furan rings is 1. The highest BCUT2D eigenvalue weighted by atomic mass is 16.3. The fourth-order valence-electron chi connectivity index (χ4n) is 4.98. The minimum atomic E-state index is -0.111. The van der Waals surface area contributed by atoms with Crippen molar-refractivity contribution >= 4 is 22.1 Å². The smallest absolute Gasteiger partial charge is 0.227 e. The van der Waals surface area contributed by atoms with Crippen LogP contribution in [-0.2, 0) is 5.41 Å². The first kappa shape index (κ1) is 16.5. The van der Waals surface area contributed by atoms with E-state index in [-0.39, 0.29) is 5.41 Å². The minimum absolute atomic E-state index is 0.111. The van der Waals surface area contributed by atoms with Crippen LogP contribution < -0.4 is 0 Å². The molecule has 1 aliphatic rings. The van der Waals surface area contributed by atoms with Gasteiger partial charge in [0.1, 0.15) is 5.58 Å². The van der Waals surface area contributed by atoms with Crippen LogP contribution in [0.4, 0.5) is 0 Å². The molecular formula is C26H20N2O. The molecule has 0 bridgehead atoms. The molecular weight excluding hydrogens is 356 g/mol. The van der Waals surface area contributed by atoms with Gasteiger partial charge in [-0.1, -0.05) is 56.3 Å². The lowest BCUT2D eigenvalue weighted by Crippen LogP contribution is -2.15.